The number of nitrogens with one attached hydrogen (secondary N) is 1. The summed E-state index contributed by atoms with van der Waals surface area (Å²) in [4.78, 5) is 28.3. The largest absolute Gasteiger partial charge is 0.350 e. The van der Waals surface area contributed by atoms with E-state index in [0.717, 1.165) is 33.5 Å². The van der Waals surface area contributed by atoms with Gasteiger partial charge in [0, 0.05) is 5.69 Å². The fourth-order valence-corrected chi connectivity index (χ4v) is 3.93. The minimum absolute atomic E-state index is 0.250. The Morgan fingerprint density at radius 2 is 1.56 bits per heavy atom. The minimum Gasteiger partial charge on any atom is -0.350 e. The molecule has 1 aliphatic rings. The summed E-state index contributed by atoms with van der Waals surface area (Å²) in [6.45, 7) is 7.91. The Labute approximate surface area is 187 Å². The molecule has 2 amide bonds. The van der Waals surface area contributed by atoms with Crippen LogP contribution in [0.3, 0.4) is 0 Å². The van der Waals surface area contributed by atoms with Gasteiger partial charge in [-0.05, 0) is 80.3 Å². The van der Waals surface area contributed by atoms with Crippen LogP contribution in [-0.4, -0.2) is 11.8 Å². The van der Waals surface area contributed by atoms with Crippen LogP contribution in [0.25, 0.3) is 5.57 Å². The molecule has 1 N–H and O–H groups in total. The van der Waals surface area contributed by atoms with Crippen molar-refractivity contribution in [2.45, 2.75) is 27.7 Å². The van der Waals surface area contributed by atoms with Crippen LogP contribution in [0, 0.1) is 39.0 Å². The third-order valence-electron chi connectivity index (χ3n) is 5.85. The van der Waals surface area contributed by atoms with Gasteiger partial charge in [-0.2, -0.15) is 5.26 Å². The van der Waals surface area contributed by atoms with Crippen LogP contribution in [0.4, 0.5) is 11.4 Å². The van der Waals surface area contributed by atoms with Gasteiger partial charge in [-0.25, -0.2) is 4.90 Å². The number of hydrogen-bond donors (Lipinski definition) is 1. The van der Waals surface area contributed by atoms with Crippen LogP contribution in [-0.2, 0) is 9.59 Å². The van der Waals surface area contributed by atoms with Crippen LogP contribution in [0.2, 0.25) is 0 Å². The van der Waals surface area contributed by atoms with Crippen LogP contribution in [0.5, 0.6) is 0 Å². The number of carbonyl (C=O) groups excluding carboxylic acids is 2. The summed E-state index contributed by atoms with van der Waals surface area (Å²) < 4.78 is 0. The van der Waals surface area contributed by atoms with E-state index >= 15 is 0 Å². The molecule has 1 heterocycles. The third kappa shape index (κ3) is 3.57. The number of carbonyl (C=O) groups is 2. The van der Waals surface area contributed by atoms with E-state index in [1.807, 2.05) is 64.1 Å². The van der Waals surface area contributed by atoms with Crippen molar-refractivity contribution in [1.29, 1.82) is 5.26 Å². The van der Waals surface area contributed by atoms with E-state index in [1.165, 1.54) is 4.90 Å². The number of anilines is 2. The lowest BCUT2D eigenvalue weighted by atomic mass is 9.97. The van der Waals surface area contributed by atoms with E-state index in [4.69, 9.17) is 5.26 Å². The number of rotatable bonds is 4. The lowest BCUT2D eigenvalue weighted by Gasteiger charge is -2.16. The maximum absolute atomic E-state index is 13.6. The zero-order valence-electron chi connectivity index (χ0n) is 18.5. The molecule has 0 unspecified atom stereocenters. The number of imide groups is 1. The quantitative estimate of drug-likeness (QED) is 0.589. The van der Waals surface area contributed by atoms with Gasteiger partial charge in [0.1, 0.15) is 5.70 Å². The van der Waals surface area contributed by atoms with Gasteiger partial charge in [0.2, 0.25) is 0 Å². The normalized spacial score (nSPS) is 13.5. The van der Waals surface area contributed by atoms with Crippen molar-refractivity contribution in [2.24, 2.45) is 0 Å². The molecule has 0 aromatic heterocycles. The van der Waals surface area contributed by atoms with Gasteiger partial charge in [0.15, 0.2) is 0 Å². The number of nitrogens with zero attached hydrogens (tertiary/aromatic N) is 2. The zero-order chi connectivity index (χ0) is 23.0. The molecule has 158 valence electrons. The van der Waals surface area contributed by atoms with Gasteiger partial charge in [-0.15, -0.1) is 0 Å². The molecule has 0 saturated carbocycles. The van der Waals surface area contributed by atoms with Gasteiger partial charge in [-0.3, -0.25) is 9.59 Å². The van der Waals surface area contributed by atoms with E-state index in [2.05, 4.69) is 11.4 Å². The summed E-state index contributed by atoms with van der Waals surface area (Å²) in [5.74, 6) is -0.810. The number of benzene rings is 3. The average Bonchev–Trinajstić information content (AvgIpc) is 3.01. The lowest BCUT2D eigenvalue weighted by Crippen LogP contribution is -2.32. The van der Waals surface area contributed by atoms with Crippen molar-refractivity contribution < 1.29 is 9.59 Å². The minimum atomic E-state index is -0.421. The SMILES string of the molecule is Cc1ccc(C2=C(Nc3cccc(C)c3C)C(=O)N(c3ccc(C#N)cc3)C2=O)c(C)c1. The van der Waals surface area contributed by atoms with Crippen molar-refractivity contribution in [3.63, 3.8) is 0 Å². The summed E-state index contributed by atoms with van der Waals surface area (Å²) in [5.41, 5.74) is 7.09. The second kappa shape index (κ2) is 8.16. The molecule has 0 aliphatic carbocycles. The van der Waals surface area contributed by atoms with Crippen molar-refractivity contribution in [2.75, 3.05) is 10.2 Å². The predicted molar refractivity (Wildman–Crippen MR) is 126 cm³/mol. The Kier molecular flexibility index (Phi) is 5.38. The predicted octanol–water partition coefficient (Wildman–Crippen LogP) is 5.19. The van der Waals surface area contributed by atoms with Crippen molar-refractivity contribution in [3.8, 4) is 6.07 Å². The molecule has 4 rings (SSSR count). The molecule has 32 heavy (non-hydrogen) atoms. The summed E-state index contributed by atoms with van der Waals surface area (Å²) in [7, 11) is 0. The smallest absolute Gasteiger partial charge is 0.282 e. The Hall–Kier alpha value is -4.17. The molecule has 0 bridgehead atoms. The van der Waals surface area contributed by atoms with Crippen molar-refractivity contribution in [3.05, 3.63) is 99.7 Å². The van der Waals surface area contributed by atoms with Crippen LogP contribution < -0.4 is 10.2 Å². The molecule has 0 fully saturated rings. The number of aryl methyl sites for hydroxylation is 3. The molecule has 3 aromatic carbocycles. The molecule has 0 saturated heterocycles. The van der Waals surface area contributed by atoms with Crippen LogP contribution in [0.1, 0.15) is 33.4 Å². The summed E-state index contributed by atoms with van der Waals surface area (Å²) >= 11 is 0. The highest BCUT2D eigenvalue weighted by Crippen LogP contribution is 2.36. The van der Waals surface area contributed by atoms with Crippen LogP contribution >= 0.6 is 0 Å². The summed E-state index contributed by atoms with van der Waals surface area (Å²) in [6, 6.07) is 20.1. The average molecular weight is 422 g/mol. The second-order valence-electron chi connectivity index (χ2n) is 8.05. The van der Waals surface area contributed by atoms with E-state index < -0.39 is 5.91 Å². The molecule has 5 heteroatoms. The third-order valence-corrected chi connectivity index (χ3v) is 5.85. The number of nitriles is 1. The highest BCUT2D eigenvalue weighted by molar-refractivity contribution is 6.46. The first-order valence-electron chi connectivity index (χ1n) is 10.4. The van der Waals surface area contributed by atoms with E-state index in [1.54, 1.807) is 24.3 Å². The Bertz CT molecular complexity index is 1330. The van der Waals surface area contributed by atoms with Gasteiger partial charge < -0.3 is 5.32 Å². The zero-order valence-corrected chi connectivity index (χ0v) is 18.5. The first kappa shape index (κ1) is 21.1. The van der Waals surface area contributed by atoms with E-state index in [0.29, 0.717) is 16.8 Å². The van der Waals surface area contributed by atoms with Gasteiger partial charge in [-0.1, -0.05) is 35.9 Å². The molecule has 1 aliphatic heterocycles. The maximum Gasteiger partial charge on any atom is 0.282 e. The van der Waals surface area contributed by atoms with Crippen molar-refractivity contribution >= 4 is 28.8 Å². The van der Waals surface area contributed by atoms with Gasteiger partial charge in [0.05, 0.1) is 22.9 Å². The fourth-order valence-electron chi connectivity index (χ4n) is 3.93. The highest BCUT2D eigenvalue weighted by atomic mass is 16.2. The van der Waals surface area contributed by atoms with Crippen LogP contribution in [0.15, 0.2) is 66.4 Å². The lowest BCUT2D eigenvalue weighted by molar-refractivity contribution is -0.120. The Morgan fingerprint density at radius 1 is 0.844 bits per heavy atom. The molecule has 3 aromatic rings. The Balaban J connectivity index is 1.87. The second-order valence-corrected chi connectivity index (χ2v) is 8.05. The fraction of sp³-hybridized carbons (Fsp3) is 0.148. The topological polar surface area (TPSA) is 73.2 Å². The molecular formula is C27H23N3O2. The Morgan fingerprint density at radius 3 is 2.22 bits per heavy atom. The first-order valence-corrected chi connectivity index (χ1v) is 10.4. The monoisotopic (exact) mass is 421 g/mol. The molecular weight excluding hydrogens is 398 g/mol. The summed E-state index contributed by atoms with van der Waals surface area (Å²) in [5, 5.41) is 12.3. The van der Waals surface area contributed by atoms with Crippen molar-refractivity contribution in [1.82, 2.24) is 0 Å². The number of hydrogen-bond acceptors (Lipinski definition) is 4. The standard InChI is InChI=1S/C27H23N3O2/c1-16-8-13-22(18(3)14-16)24-25(29-23-7-5-6-17(2)19(23)4)27(32)30(26(24)31)21-11-9-20(15-28)10-12-21/h5-14,29H,1-4H3. The first-order chi connectivity index (χ1) is 15.3. The van der Waals surface area contributed by atoms with E-state index in [-0.39, 0.29) is 11.6 Å². The maximum atomic E-state index is 13.6. The number of amides is 2. The van der Waals surface area contributed by atoms with Gasteiger partial charge >= 0.3 is 0 Å². The molecule has 5 nitrogen and oxygen atoms in total. The van der Waals surface area contributed by atoms with Gasteiger partial charge in [0.25, 0.3) is 11.8 Å². The highest BCUT2D eigenvalue weighted by Gasteiger charge is 2.40. The molecule has 0 radical (unpaired) electrons. The molecule has 0 atom stereocenters. The summed E-state index contributed by atoms with van der Waals surface area (Å²) in [6.07, 6.45) is 0. The molecule has 0 spiro atoms. The van der Waals surface area contributed by atoms with E-state index in [9.17, 15) is 9.59 Å².